The van der Waals surface area contributed by atoms with Gasteiger partial charge in [-0.3, -0.25) is 0 Å². The number of aliphatic carboxylic acids is 2. The van der Waals surface area contributed by atoms with Gasteiger partial charge in [0.05, 0.1) is 0 Å². The Morgan fingerprint density at radius 2 is 1.43 bits per heavy atom. The van der Waals surface area contributed by atoms with Gasteiger partial charge in [-0.05, 0) is 53.7 Å². The van der Waals surface area contributed by atoms with E-state index < -0.39 is 11.9 Å². The van der Waals surface area contributed by atoms with Crippen LogP contribution in [0, 0.1) is 0 Å². The van der Waals surface area contributed by atoms with Crippen molar-refractivity contribution in [3.63, 3.8) is 0 Å². The molecule has 3 aromatic carbocycles. The summed E-state index contributed by atoms with van der Waals surface area (Å²) >= 11 is 0. The van der Waals surface area contributed by atoms with Crippen LogP contribution < -0.4 is 0 Å². The van der Waals surface area contributed by atoms with Crippen molar-refractivity contribution in [2.75, 3.05) is 14.1 Å². The number of carboxylic acids is 2. The Balaban J connectivity index is 0.000000300. The Morgan fingerprint density at radius 3 is 2.00 bits per heavy atom. The molecular formula is C23H23NO4. The fourth-order valence-corrected chi connectivity index (χ4v) is 2.83. The number of fused-ring (bicyclic) bond motifs is 1. The number of nitrogens with zero attached hydrogens (tertiary/aromatic N) is 1. The average molecular weight is 377 g/mol. The van der Waals surface area contributed by atoms with Gasteiger partial charge >= 0.3 is 11.9 Å². The Morgan fingerprint density at radius 1 is 0.857 bits per heavy atom. The molecular weight excluding hydrogens is 354 g/mol. The highest BCUT2D eigenvalue weighted by atomic mass is 16.4. The predicted octanol–water partition coefficient (Wildman–Crippen LogP) is 4.28. The molecule has 5 nitrogen and oxygen atoms in total. The molecule has 0 fully saturated rings. The lowest BCUT2D eigenvalue weighted by Gasteiger charge is -2.14. The Hall–Kier alpha value is -3.44. The van der Waals surface area contributed by atoms with Crippen molar-refractivity contribution in [3.8, 4) is 11.1 Å². The summed E-state index contributed by atoms with van der Waals surface area (Å²) in [5.41, 5.74) is 3.96. The normalized spacial score (nSPS) is 10.7. The van der Waals surface area contributed by atoms with Crippen LogP contribution in [0.25, 0.3) is 21.9 Å². The van der Waals surface area contributed by atoms with Crippen LogP contribution in [0.4, 0.5) is 0 Å². The van der Waals surface area contributed by atoms with Gasteiger partial charge in [0.2, 0.25) is 0 Å². The minimum Gasteiger partial charge on any atom is -0.478 e. The van der Waals surface area contributed by atoms with Crippen molar-refractivity contribution >= 4 is 22.7 Å². The van der Waals surface area contributed by atoms with E-state index in [-0.39, 0.29) is 0 Å². The van der Waals surface area contributed by atoms with Gasteiger partial charge in [0.15, 0.2) is 0 Å². The summed E-state index contributed by atoms with van der Waals surface area (Å²) in [5, 5.41) is 18.3. The van der Waals surface area contributed by atoms with Gasteiger partial charge in [-0.15, -0.1) is 0 Å². The van der Waals surface area contributed by atoms with Crippen LogP contribution in [-0.4, -0.2) is 41.1 Å². The van der Waals surface area contributed by atoms with Crippen molar-refractivity contribution < 1.29 is 19.8 Å². The van der Waals surface area contributed by atoms with Crippen LogP contribution in [0.3, 0.4) is 0 Å². The third kappa shape index (κ3) is 6.37. The van der Waals surface area contributed by atoms with E-state index >= 15 is 0 Å². The fraction of sp³-hybridized carbons (Fsp3) is 0.130. The molecule has 0 aliphatic heterocycles. The SMILES string of the molecule is CN(C)Cc1cc(-c2ccccc2)c2ccccc2c1.O=C(O)/C=C\C(=O)O. The van der Waals surface area contributed by atoms with Gasteiger partial charge in [-0.2, -0.15) is 0 Å². The van der Waals surface area contributed by atoms with Crippen molar-refractivity contribution in [1.82, 2.24) is 4.90 Å². The van der Waals surface area contributed by atoms with Gasteiger partial charge < -0.3 is 15.1 Å². The van der Waals surface area contributed by atoms with Gasteiger partial charge in [-0.1, -0.05) is 54.6 Å². The Bertz CT molecular complexity index is 962. The molecule has 0 radical (unpaired) electrons. The second-order valence-electron chi connectivity index (χ2n) is 6.48. The van der Waals surface area contributed by atoms with Crippen LogP contribution >= 0.6 is 0 Å². The van der Waals surface area contributed by atoms with E-state index in [0.29, 0.717) is 12.2 Å². The van der Waals surface area contributed by atoms with Crippen LogP contribution in [-0.2, 0) is 16.1 Å². The third-order valence-corrected chi connectivity index (χ3v) is 3.87. The zero-order valence-corrected chi connectivity index (χ0v) is 15.9. The van der Waals surface area contributed by atoms with Crippen LogP contribution in [0.15, 0.2) is 78.9 Å². The summed E-state index contributed by atoms with van der Waals surface area (Å²) in [4.78, 5) is 21.3. The first-order chi connectivity index (χ1) is 13.4. The Labute approximate surface area is 164 Å². The topological polar surface area (TPSA) is 77.8 Å². The second kappa shape index (κ2) is 10.0. The lowest BCUT2D eigenvalue weighted by Crippen LogP contribution is -2.10. The van der Waals surface area contributed by atoms with E-state index in [2.05, 4.69) is 85.7 Å². The summed E-state index contributed by atoms with van der Waals surface area (Å²) in [6.07, 6.45) is 1.12. The maximum absolute atomic E-state index is 9.55. The fourth-order valence-electron chi connectivity index (χ4n) is 2.83. The molecule has 0 saturated carbocycles. The first kappa shape index (κ1) is 20.9. The van der Waals surface area contributed by atoms with E-state index in [1.165, 1.54) is 27.5 Å². The summed E-state index contributed by atoms with van der Waals surface area (Å²) in [7, 11) is 4.22. The standard InChI is InChI=1S/C19H19N.C4H4O4/c1-20(2)14-15-12-17-10-6-7-11-18(17)19(13-15)16-8-4-3-5-9-16;5-3(6)1-2-4(7)8/h3-13H,14H2,1-2H3;1-2H,(H,5,6)(H,7,8)/b;2-1-. The number of benzene rings is 3. The molecule has 2 N–H and O–H groups in total. The van der Waals surface area contributed by atoms with Crippen LogP contribution in [0.5, 0.6) is 0 Å². The first-order valence-corrected chi connectivity index (χ1v) is 8.72. The zero-order valence-electron chi connectivity index (χ0n) is 15.9. The molecule has 3 aromatic rings. The predicted molar refractivity (Wildman–Crippen MR) is 111 cm³/mol. The third-order valence-electron chi connectivity index (χ3n) is 3.87. The highest BCUT2D eigenvalue weighted by molar-refractivity contribution is 5.97. The minimum atomic E-state index is -1.26. The molecule has 28 heavy (non-hydrogen) atoms. The van der Waals surface area contributed by atoms with E-state index in [1.54, 1.807) is 0 Å². The Kier molecular flexibility index (Phi) is 7.48. The molecule has 0 saturated heterocycles. The molecule has 0 aromatic heterocycles. The average Bonchev–Trinajstić information content (AvgIpc) is 2.66. The lowest BCUT2D eigenvalue weighted by molar-refractivity contribution is -0.134. The van der Waals surface area contributed by atoms with E-state index in [9.17, 15) is 9.59 Å². The molecule has 3 rings (SSSR count). The first-order valence-electron chi connectivity index (χ1n) is 8.72. The molecule has 0 bridgehead atoms. The highest BCUT2D eigenvalue weighted by Gasteiger charge is 2.06. The van der Waals surface area contributed by atoms with E-state index in [4.69, 9.17) is 10.2 Å². The molecule has 144 valence electrons. The summed E-state index contributed by atoms with van der Waals surface area (Å²) < 4.78 is 0. The largest absolute Gasteiger partial charge is 0.478 e. The number of hydrogen-bond donors (Lipinski definition) is 2. The van der Waals surface area contributed by atoms with E-state index in [1.807, 2.05) is 0 Å². The van der Waals surface area contributed by atoms with Crippen LogP contribution in [0.1, 0.15) is 5.56 Å². The molecule has 0 atom stereocenters. The zero-order chi connectivity index (χ0) is 20.5. The molecule has 0 unspecified atom stereocenters. The monoisotopic (exact) mass is 377 g/mol. The lowest BCUT2D eigenvalue weighted by atomic mass is 9.95. The van der Waals surface area contributed by atoms with Crippen molar-refractivity contribution in [3.05, 3.63) is 84.4 Å². The quantitative estimate of drug-likeness (QED) is 0.649. The highest BCUT2D eigenvalue weighted by Crippen LogP contribution is 2.30. The summed E-state index contributed by atoms with van der Waals surface area (Å²) in [5.74, 6) is -2.51. The van der Waals surface area contributed by atoms with Crippen molar-refractivity contribution in [2.45, 2.75) is 6.54 Å². The second-order valence-corrected chi connectivity index (χ2v) is 6.48. The van der Waals surface area contributed by atoms with Crippen molar-refractivity contribution in [1.29, 1.82) is 0 Å². The van der Waals surface area contributed by atoms with Gasteiger partial charge in [0.25, 0.3) is 0 Å². The van der Waals surface area contributed by atoms with Crippen LogP contribution in [0.2, 0.25) is 0 Å². The number of carboxylic acid groups (broad SMARTS) is 2. The molecule has 0 spiro atoms. The number of carbonyl (C=O) groups is 2. The van der Waals surface area contributed by atoms with Gasteiger partial charge in [0, 0.05) is 18.7 Å². The summed E-state index contributed by atoms with van der Waals surface area (Å²) in [6, 6.07) is 23.9. The molecule has 0 heterocycles. The summed E-state index contributed by atoms with van der Waals surface area (Å²) in [6.45, 7) is 0.963. The minimum absolute atomic E-state index is 0.558. The number of rotatable bonds is 5. The number of hydrogen-bond acceptors (Lipinski definition) is 3. The maximum atomic E-state index is 9.55. The van der Waals surface area contributed by atoms with Gasteiger partial charge in [-0.25, -0.2) is 9.59 Å². The smallest absolute Gasteiger partial charge is 0.328 e. The molecule has 5 heteroatoms. The molecule has 0 amide bonds. The van der Waals surface area contributed by atoms with E-state index in [0.717, 1.165) is 6.54 Å². The van der Waals surface area contributed by atoms with Gasteiger partial charge in [0.1, 0.15) is 0 Å². The molecule has 0 aliphatic rings. The maximum Gasteiger partial charge on any atom is 0.328 e. The molecule has 0 aliphatic carbocycles. The van der Waals surface area contributed by atoms with Crippen molar-refractivity contribution in [2.24, 2.45) is 0 Å².